The molecule has 52 heavy (non-hydrogen) atoms. The Morgan fingerprint density at radius 3 is 1.73 bits per heavy atom. The lowest BCUT2D eigenvalue weighted by atomic mass is 9.90. The largest absolute Gasteiger partial charge is 0.417 e. The molecule has 1 aliphatic rings. The molecule has 0 radical (unpaired) electrons. The number of amides is 2. The van der Waals surface area contributed by atoms with E-state index in [2.05, 4.69) is 0 Å². The summed E-state index contributed by atoms with van der Waals surface area (Å²) < 4.78 is 87.0. The molecule has 7 aromatic rings. The van der Waals surface area contributed by atoms with Crippen LogP contribution in [0.5, 0.6) is 0 Å². The van der Waals surface area contributed by atoms with Gasteiger partial charge in [0.1, 0.15) is 0 Å². The predicted octanol–water partition coefficient (Wildman–Crippen LogP) is 11.6. The number of aromatic nitrogens is 1. The summed E-state index contributed by atoms with van der Waals surface area (Å²) in [5.74, 6) is -1.09. The normalized spacial score (nSPS) is 13.4. The molecule has 0 aliphatic carbocycles. The molecule has 0 saturated carbocycles. The molecule has 1 aliphatic heterocycles. The van der Waals surface area contributed by atoms with E-state index >= 15 is 0 Å². The van der Waals surface area contributed by atoms with Crippen molar-refractivity contribution in [3.05, 3.63) is 155 Å². The van der Waals surface area contributed by atoms with Gasteiger partial charge >= 0.3 is 12.4 Å². The maximum absolute atomic E-state index is 14.7. The van der Waals surface area contributed by atoms with Crippen LogP contribution >= 0.6 is 0 Å². The number of nitrogens with zero attached hydrogens (tertiary/aromatic N) is 2. The Balaban J connectivity index is 1.50. The summed E-state index contributed by atoms with van der Waals surface area (Å²) in [5.41, 5.74) is 2.04. The van der Waals surface area contributed by atoms with Gasteiger partial charge in [0.25, 0.3) is 11.8 Å². The molecule has 2 heterocycles. The summed E-state index contributed by atoms with van der Waals surface area (Å²) in [6.45, 7) is 3.86. The first-order valence-corrected chi connectivity index (χ1v) is 16.3. The number of alkyl halides is 6. The van der Waals surface area contributed by atoms with Gasteiger partial charge in [0.05, 0.1) is 44.7 Å². The number of benzene rings is 6. The van der Waals surface area contributed by atoms with Gasteiger partial charge in [-0.05, 0) is 90.2 Å². The zero-order valence-corrected chi connectivity index (χ0v) is 27.5. The van der Waals surface area contributed by atoms with E-state index in [1.807, 2.05) is 38.1 Å². The van der Waals surface area contributed by atoms with Gasteiger partial charge in [-0.25, -0.2) is 4.90 Å². The van der Waals surface area contributed by atoms with Crippen LogP contribution < -0.4 is 4.90 Å². The summed E-state index contributed by atoms with van der Waals surface area (Å²) in [5, 5.41) is 0.870. The highest BCUT2D eigenvalue weighted by Gasteiger charge is 2.41. The van der Waals surface area contributed by atoms with E-state index in [1.165, 1.54) is 12.1 Å². The average Bonchev–Trinajstić information content (AvgIpc) is 3.58. The van der Waals surface area contributed by atoms with E-state index in [0.717, 1.165) is 27.7 Å². The maximum Gasteiger partial charge on any atom is 0.417 e. The van der Waals surface area contributed by atoms with E-state index in [-0.39, 0.29) is 22.8 Å². The first-order chi connectivity index (χ1) is 24.8. The Bertz CT molecular complexity index is 2620. The van der Waals surface area contributed by atoms with Crippen LogP contribution in [0, 0.1) is 13.8 Å². The second-order valence-corrected chi connectivity index (χ2v) is 12.8. The van der Waals surface area contributed by atoms with Gasteiger partial charge in [0, 0.05) is 10.8 Å². The Morgan fingerprint density at radius 2 is 1.12 bits per heavy atom. The van der Waals surface area contributed by atoms with Crippen LogP contribution in [-0.2, 0) is 12.4 Å². The summed E-state index contributed by atoms with van der Waals surface area (Å²) in [4.78, 5) is 29.0. The fraction of sp³-hybridized carbons (Fsp3) is 0.0952. The number of para-hydroxylation sites is 1. The minimum absolute atomic E-state index is 0.0559. The quantitative estimate of drug-likeness (QED) is 0.135. The Kier molecular flexibility index (Phi) is 7.42. The summed E-state index contributed by atoms with van der Waals surface area (Å²) in [6, 6.07) is 30.9. The van der Waals surface area contributed by atoms with Crippen LogP contribution in [0.3, 0.4) is 0 Å². The van der Waals surface area contributed by atoms with Crippen molar-refractivity contribution in [3.63, 3.8) is 0 Å². The van der Waals surface area contributed by atoms with Crippen molar-refractivity contribution in [2.75, 3.05) is 4.90 Å². The van der Waals surface area contributed by atoms with Gasteiger partial charge in [0.15, 0.2) is 0 Å². The van der Waals surface area contributed by atoms with E-state index < -0.39 is 40.9 Å². The molecule has 0 saturated heterocycles. The highest BCUT2D eigenvalue weighted by molar-refractivity contribution is 6.36. The van der Waals surface area contributed by atoms with Gasteiger partial charge < -0.3 is 4.57 Å². The second-order valence-electron chi connectivity index (χ2n) is 12.8. The van der Waals surface area contributed by atoms with Crippen molar-refractivity contribution in [2.24, 2.45) is 0 Å². The van der Waals surface area contributed by atoms with Gasteiger partial charge in [-0.3, -0.25) is 9.59 Å². The number of hydrogen-bond donors (Lipinski definition) is 0. The Hall–Kier alpha value is -6.16. The van der Waals surface area contributed by atoms with Crippen molar-refractivity contribution >= 4 is 39.3 Å². The van der Waals surface area contributed by atoms with Crippen LogP contribution in [0.4, 0.5) is 32.0 Å². The van der Waals surface area contributed by atoms with E-state index in [1.54, 1.807) is 71.3 Å². The van der Waals surface area contributed by atoms with Crippen LogP contribution in [-0.4, -0.2) is 16.4 Å². The fourth-order valence-corrected chi connectivity index (χ4v) is 7.39. The smallest absolute Gasteiger partial charge is 0.308 e. The minimum Gasteiger partial charge on any atom is -0.308 e. The molecule has 8 rings (SSSR count). The molecular weight excluding hydrogens is 678 g/mol. The van der Waals surface area contributed by atoms with Gasteiger partial charge in [-0.1, -0.05) is 78.4 Å². The number of anilines is 1. The molecule has 2 amide bonds. The van der Waals surface area contributed by atoms with Crippen LogP contribution in [0.15, 0.2) is 121 Å². The second kappa shape index (κ2) is 11.7. The topological polar surface area (TPSA) is 42.3 Å². The maximum atomic E-state index is 14.7. The number of fused-ring (bicyclic) bond motifs is 4. The molecule has 0 unspecified atom stereocenters. The van der Waals surface area contributed by atoms with Gasteiger partial charge in [-0.2, -0.15) is 26.3 Å². The van der Waals surface area contributed by atoms with Crippen molar-refractivity contribution in [2.45, 2.75) is 26.2 Å². The molecule has 0 fully saturated rings. The zero-order chi connectivity index (χ0) is 36.7. The highest BCUT2D eigenvalue weighted by atomic mass is 19.4. The number of aryl methyl sites for hydroxylation is 2. The molecule has 258 valence electrons. The van der Waals surface area contributed by atoms with Gasteiger partial charge in [-0.15, -0.1) is 0 Å². The Labute approximate surface area is 293 Å². The number of rotatable bonds is 4. The molecule has 4 nitrogen and oxygen atoms in total. The van der Waals surface area contributed by atoms with Gasteiger partial charge in [0.2, 0.25) is 0 Å². The lowest BCUT2D eigenvalue weighted by molar-refractivity contribution is -0.142. The molecule has 0 bridgehead atoms. The SMILES string of the molecule is Cc1ccc(-c2cccc3c2c2c(-c4ccc(C(F)(F)F)cc4C(F)(F)F)cccc2n3-c2cccc3c2C(=O)N(c2ccccc2)C3=O)c(C)c1. The number of imide groups is 1. The van der Waals surface area contributed by atoms with E-state index in [9.17, 15) is 35.9 Å². The first kappa shape index (κ1) is 33.0. The third-order valence-corrected chi connectivity index (χ3v) is 9.58. The summed E-state index contributed by atoms with van der Waals surface area (Å²) in [7, 11) is 0. The highest BCUT2D eigenvalue weighted by Crippen LogP contribution is 2.48. The van der Waals surface area contributed by atoms with Crippen LogP contribution in [0.1, 0.15) is 43.0 Å². The number of hydrogen-bond acceptors (Lipinski definition) is 2. The summed E-state index contributed by atoms with van der Waals surface area (Å²) in [6.07, 6.45) is -10.1. The number of carbonyl (C=O) groups excluding carboxylic acids is 2. The van der Waals surface area contributed by atoms with Crippen molar-refractivity contribution < 1.29 is 35.9 Å². The molecule has 10 heteroatoms. The standard InChI is InChI=1S/C42H26F6N2O2/c1-23-17-19-27(24(2)21-23)29-11-6-14-33-36(29)37-30(28-20-18-25(41(43,44)45)22-32(28)42(46,47)48)12-7-15-34(37)50(33)35-16-8-13-31-38(35)40(52)49(39(31)51)26-9-4-3-5-10-26/h3-22H,1-2H3. The Morgan fingerprint density at radius 1 is 0.519 bits per heavy atom. The molecule has 0 atom stereocenters. The monoisotopic (exact) mass is 704 g/mol. The zero-order valence-electron chi connectivity index (χ0n) is 27.5. The van der Waals surface area contributed by atoms with Crippen LogP contribution in [0.25, 0.3) is 49.7 Å². The molecule has 0 spiro atoms. The van der Waals surface area contributed by atoms with E-state index in [0.29, 0.717) is 44.8 Å². The third kappa shape index (κ3) is 5.08. The average molecular weight is 705 g/mol. The molecule has 1 aromatic heterocycles. The van der Waals surface area contributed by atoms with Crippen LogP contribution in [0.2, 0.25) is 0 Å². The fourth-order valence-electron chi connectivity index (χ4n) is 7.39. The third-order valence-electron chi connectivity index (χ3n) is 9.58. The van der Waals surface area contributed by atoms with Crippen molar-refractivity contribution in [1.29, 1.82) is 0 Å². The lowest BCUT2D eigenvalue weighted by Gasteiger charge is -2.17. The van der Waals surface area contributed by atoms with Crippen molar-refractivity contribution in [1.82, 2.24) is 4.57 Å². The predicted molar refractivity (Wildman–Crippen MR) is 189 cm³/mol. The molecule has 6 aromatic carbocycles. The van der Waals surface area contributed by atoms with E-state index in [4.69, 9.17) is 0 Å². The lowest BCUT2D eigenvalue weighted by Crippen LogP contribution is -2.29. The van der Waals surface area contributed by atoms with Crippen molar-refractivity contribution in [3.8, 4) is 27.9 Å². The minimum atomic E-state index is -5.12. The first-order valence-electron chi connectivity index (χ1n) is 16.3. The molecule has 0 N–H and O–H groups in total. The number of carbonyl (C=O) groups is 2. The number of halogens is 6. The summed E-state index contributed by atoms with van der Waals surface area (Å²) >= 11 is 0. The molecular formula is C42H26F6N2O2.